The topological polar surface area (TPSA) is 94.2 Å². The molecule has 0 atom stereocenters. The standard InChI is InChI=1S/C24H22N2O6S/c1-30-21-9-7-18(33(28,29)26-11-10-17-4-2-3-5-20(17)26)13-19(21)24(27)25-14-16-6-8-22-23(12-16)32-15-31-22/h2-9,12-13H,10-11,14-15H2,1H3,(H,25,27). The molecule has 9 heteroatoms. The third kappa shape index (κ3) is 3.84. The van der Waals surface area contributed by atoms with Crippen molar-refractivity contribution in [2.24, 2.45) is 0 Å². The van der Waals surface area contributed by atoms with Gasteiger partial charge in [-0.15, -0.1) is 0 Å². The maximum atomic E-state index is 13.4. The van der Waals surface area contributed by atoms with Crippen LogP contribution in [-0.2, 0) is 23.0 Å². The number of nitrogens with zero attached hydrogens (tertiary/aromatic N) is 1. The van der Waals surface area contributed by atoms with Crippen LogP contribution in [0.2, 0.25) is 0 Å². The molecule has 0 fully saturated rings. The highest BCUT2D eigenvalue weighted by Crippen LogP contribution is 2.34. The van der Waals surface area contributed by atoms with E-state index < -0.39 is 15.9 Å². The van der Waals surface area contributed by atoms with Gasteiger partial charge in [0.25, 0.3) is 15.9 Å². The molecule has 0 radical (unpaired) electrons. The molecule has 1 amide bonds. The van der Waals surface area contributed by atoms with E-state index in [0.29, 0.717) is 35.9 Å². The van der Waals surface area contributed by atoms with Gasteiger partial charge in [-0.3, -0.25) is 9.10 Å². The summed E-state index contributed by atoms with van der Waals surface area (Å²) in [5.74, 6) is 1.13. The molecule has 33 heavy (non-hydrogen) atoms. The lowest BCUT2D eigenvalue weighted by molar-refractivity contribution is 0.0947. The molecule has 5 rings (SSSR count). The number of amides is 1. The molecule has 0 aromatic heterocycles. The summed E-state index contributed by atoms with van der Waals surface area (Å²) >= 11 is 0. The normalized spacial score (nSPS) is 14.2. The Hall–Kier alpha value is -3.72. The van der Waals surface area contributed by atoms with Crippen LogP contribution in [0.4, 0.5) is 5.69 Å². The summed E-state index contributed by atoms with van der Waals surface area (Å²) in [6.07, 6.45) is 0.647. The van der Waals surface area contributed by atoms with E-state index in [0.717, 1.165) is 11.1 Å². The zero-order valence-corrected chi connectivity index (χ0v) is 18.7. The van der Waals surface area contributed by atoms with E-state index in [4.69, 9.17) is 14.2 Å². The molecule has 0 bridgehead atoms. The van der Waals surface area contributed by atoms with Crippen molar-refractivity contribution in [1.29, 1.82) is 0 Å². The highest BCUT2D eigenvalue weighted by atomic mass is 32.2. The van der Waals surface area contributed by atoms with E-state index in [2.05, 4.69) is 5.32 Å². The number of hydrogen-bond donors (Lipinski definition) is 1. The van der Waals surface area contributed by atoms with Crippen molar-refractivity contribution >= 4 is 21.6 Å². The van der Waals surface area contributed by atoms with Crippen molar-refractivity contribution in [3.05, 3.63) is 77.4 Å². The highest BCUT2D eigenvalue weighted by Gasteiger charge is 2.31. The van der Waals surface area contributed by atoms with Gasteiger partial charge in [0.15, 0.2) is 11.5 Å². The molecule has 0 aliphatic carbocycles. The Balaban J connectivity index is 1.39. The maximum Gasteiger partial charge on any atom is 0.264 e. The average molecular weight is 467 g/mol. The Labute approximate surface area is 191 Å². The molecule has 3 aromatic carbocycles. The average Bonchev–Trinajstić information content (AvgIpc) is 3.49. The lowest BCUT2D eigenvalue weighted by Gasteiger charge is -2.20. The zero-order chi connectivity index (χ0) is 23.0. The van der Waals surface area contributed by atoms with Crippen molar-refractivity contribution in [3.8, 4) is 17.2 Å². The number of nitrogens with one attached hydrogen (secondary N) is 1. The first-order valence-electron chi connectivity index (χ1n) is 10.4. The summed E-state index contributed by atoms with van der Waals surface area (Å²) in [6, 6.07) is 17.2. The second-order valence-corrected chi connectivity index (χ2v) is 9.55. The van der Waals surface area contributed by atoms with E-state index in [1.54, 1.807) is 18.2 Å². The molecule has 2 heterocycles. The van der Waals surface area contributed by atoms with Gasteiger partial charge < -0.3 is 19.5 Å². The monoisotopic (exact) mass is 466 g/mol. The van der Waals surface area contributed by atoms with Crippen molar-refractivity contribution < 1.29 is 27.4 Å². The van der Waals surface area contributed by atoms with Crippen molar-refractivity contribution in [2.45, 2.75) is 17.9 Å². The molecule has 0 spiro atoms. The van der Waals surface area contributed by atoms with E-state index in [-0.39, 0.29) is 23.8 Å². The van der Waals surface area contributed by atoms with Crippen LogP contribution in [0.1, 0.15) is 21.5 Å². The Morgan fingerprint density at radius 1 is 1.06 bits per heavy atom. The van der Waals surface area contributed by atoms with Gasteiger partial charge in [0.1, 0.15) is 5.75 Å². The Morgan fingerprint density at radius 2 is 1.88 bits per heavy atom. The van der Waals surface area contributed by atoms with Crippen LogP contribution >= 0.6 is 0 Å². The molecule has 1 N–H and O–H groups in total. The molecule has 3 aromatic rings. The van der Waals surface area contributed by atoms with E-state index in [1.165, 1.54) is 29.6 Å². The maximum absolute atomic E-state index is 13.4. The summed E-state index contributed by atoms with van der Waals surface area (Å²) in [6.45, 7) is 0.763. The highest BCUT2D eigenvalue weighted by molar-refractivity contribution is 7.92. The molecule has 2 aliphatic heterocycles. The minimum Gasteiger partial charge on any atom is -0.496 e. The van der Waals surface area contributed by atoms with Crippen molar-refractivity contribution in [1.82, 2.24) is 5.32 Å². The first kappa shape index (κ1) is 21.1. The lowest BCUT2D eigenvalue weighted by atomic mass is 10.1. The predicted octanol–water partition coefficient (Wildman–Crippen LogP) is 3.11. The van der Waals surface area contributed by atoms with E-state index in [1.807, 2.05) is 24.3 Å². The summed E-state index contributed by atoms with van der Waals surface area (Å²) in [5, 5.41) is 2.82. The van der Waals surface area contributed by atoms with E-state index in [9.17, 15) is 13.2 Å². The molecule has 8 nitrogen and oxygen atoms in total. The first-order valence-corrected chi connectivity index (χ1v) is 11.9. The van der Waals surface area contributed by atoms with Crippen molar-refractivity contribution in [3.63, 3.8) is 0 Å². The van der Waals surface area contributed by atoms with Gasteiger partial charge in [0.05, 0.1) is 23.3 Å². The van der Waals surface area contributed by atoms with Crippen LogP contribution in [0.3, 0.4) is 0 Å². The summed E-state index contributed by atoms with van der Waals surface area (Å²) in [4.78, 5) is 13.0. The first-order chi connectivity index (χ1) is 16.0. The number of ether oxygens (including phenoxy) is 3. The molecule has 0 unspecified atom stereocenters. The lowest BCUT2D eigenvalue weighted by Crippen LogP contribution is -2.30. The molecule has 170 valence electrons. The number of rotatable bonds is 6. The number of sulfonamides is 1. The van der Waals surface area contributed by atoms with Gasteiger partial charge in [-0.25, -0.2) is 8.42 Å². The summed E-state index contributed by atoms with van der Waals surface area (Å²) < 4.78 is 44.2. The fourth-order valence-electron chi connectivity index (χ4n) is 4.04. The van der Waals surface area contributed by atoms with E-state index >= 15 is 0 Å². The second-order valence-electron chi connectivity index (χ2n) is 7.69. The Morgan fingerprint density at radius 3 is 2.73 bits per heavy atom. The molecule has 0 saturated carbocycles. The largest absolute Gasteiger partial charge is 0.496 e. The fourth-order valence-corrected chi connectivity index (χ4v) is 5.57. The van der Waals surface area contributed by atoms with Gasteiger partial charge in [-0.05, 0) is 53.9 Å². The summed E-state index contributed by atoms with van der Waals surface area (Å²) in [5.41, 5.74) is 2.62. The van der Waals surface area contributed by atoms with Gasteiger partial charge in [0, 0.05) is 13.1 Å². The Bertz CT molecular complexity index is 1340. The summed E-state index contributed by atoms with van der Waals surface area (Å²) in [7, 11) is -2.40. The van der Waals surface area contributed by atoms with Crippen LogP contribution < -0.4 is 23.8 Å². The van der Waals surface area contributed by atoms with Gasteiger partial charge in [-0.2, -0.15) is 0 Å². The number of para-hydroxylation sites is 1. The van der Waals surface area contributed by atoms with Crippen LogP contribution in [0.15, 0.2) is 65.6 Å². The number of hydrogen-bond acceptors (Lipinski definition) is 6. The van der Waals surface area contributed by atoms with Gasteiger partial charge in [-0.1, -0.05) is 24.3 Å². The van der Waals surface area contributed by atoms with Crippen LogP contribution in [0.5, 0.6) is 17.2 Å². The number of carbonyl (C=O) groups is 1. The third-order valence-corrected chi connectivity index (χ3v) is 7.55. The minimum absolute atomic E-state index is 0.0354. The molecule has 0 saturated heterocycles. The zero-order valence-electron chi connectivity index (χ0n) is 17.9. The predicted molar refractivity (Wildman–Crippen MR) is 121 cm³/mol. The quantitative estimate of drug-likeness (QED) is 0.600. The van der Waals surface area contributed by atoms with Gasteiger partial charge in [0.2, 0.25) is 6.79 Å². The molecular formula is C24H22N2O6S. The van der Waals surface area contributed by atoms with Crippen molar-refractivity contribution in [2.75, 3.05) is 24.8 Å². The number of fused-ring (bicyclic) bond motifs is 2. The van der Waals surface area contributed by atoms with Crippen LogP contribution in [0, 0.1) is 0 Å². The van der Waals surface area contributed by atoms with Crippen LogP contribution in [0.25, 0.3) is 0 Å². The number of anilines is 1. The number of carbonyl (C=O) groups excluding carboxylic acids is 1. The SMILES string of the molecule is COc1ccc(S(=O)(=O)N2CCc3ccccc32)cc1C(=O)NCc1ccc2c(c1)OCO2. The molecular weight excluding hydrogens is 444 g/mol. The number of benzene rings is 3. The smallest absolute Gasteiger partial charge is 0.264 e. The van der Waals surface area contributed by atoms with Gasteiger partial charge >= 0.3 is 0 Å². The third-order valence-electron chi connectivity index (χ3n) is 5.74. The minimum atomic E-state index is -3.84. The fraction of sp³-hybridized carbons (Fsp3) is 0.208. The second kappa shape index (κ2) is 8.32. The molecule has 2 aliphatic rings. The number of methoxy groups -OCH3 is 1. The van der Waals surface area contributed by atoms with Crippen LogP contribution in [-0.4, -0.2) is 34.8 Å². The Kier molecular flexibility index (Phi) is 5.33.